The summed E-state index contributed by atoms with van der Waals surface area (Å²) in [6.45, 7) is 1.63. The molecule has 1 N–H and O–H groups in total. The topological polar surface area (TPSA) is 45.8 Å². The normalized spacial score (nSPS) is 11.5. The van der Waals surface area contributed by atoms with Crippen LogP contribution in [-0.2, 0) is 4.79 Å². The van der Waals surface area contributed by atoms with Gasteiger partial charge in [-0.3, -0.25) is 4.79 Å². The molecule has 4 rings (SSSR count). The van der Waals surface area contributed by atoms with E-state index in [0.29, 0.717) is 6.42 Å². The van der Waals surface area contributed by atoms with Crippen LogP contribution in [0.2, 0.25) is 0 Å². The Morgan fingerprint density at radius 1 is 0.828 bits per heavy atom. The monoisotopic (exact) mass is 402 g/mol. The third kappa shape index (κ3) is 4.64. The first-order chi connectivity index (χ1) is 13.7. The van der Waals surface area contributed by atoms with Crippen molar-refractivity contribution in [1.29, 1.82) is 0 Å². The molecular weight excluding hydrogens is 380 g/mol. The fourth-order valence-electron chi connectivity index (χ4n) is 3.52. The summed E-state index contributed by atoms with van der Waals surface area (Å²) in [5.74, 6) is 0.866. The molecule has 0 saturated heterocycles. The van der Waals surface area contributed by atoms with E-state index in [9.17, 15) is 4.79 Å². The maximum absolute atomic E-state index is 12.0. The molecule has 0 fully saturated rings. The Morgan fingerprint density at radius 2 is 1.34 bits per heavy atom. The van der Waals surface area contributed by atoms with Crippen molar-refractivity contribution < 1.29 is 4.79 Å². The minimum atomic E-state index is -0.0985. The van der Waals surface area contributed by atoms with Gasteiger partial charge in [0, 0.05) is 23.5 Å². The average molecular weight is 403 g/mol. The number of aromatic nitrogens is 2. The minimum Gasteiger partial charge on any atom is -0.341 e. The highest BCUT2D eigenvalue weighted by Crippen LogP contribution is 2.34. The Bertz CT molecular complexity index is 1000. The lowest BCUT2D eigenvalue weighted by molar-refractivity contribution is -0.117. The van der Waals surface area contributed by atoms with Gasteiger partial charge in [-0.05, 0) is 12.5 Å². The van der Waals surface area contributed by atoms with Crippen molar-refractivity contribution in [3.8, 4) is 22.5 Å². The van der Waals surface area contributed by atoms with Crippen LogP contribution in [0.3, 0.4) is 0 Å². The third-order valence-electron chi connectivity index (χ3n) is 4.86. The Morgan fingerprint density at radius 3 is 1.90 bits per heavy atom. The molecule has 4 heteroatoms. The van der Waals surface area contributed by atoms with E-state index < -0.39 is 0 Å². The Kier molecular flexibility index (Phi) is 6.63. The molecule has 0 aliphatic carbocycles. The zero-order valence-corrected chi connectivity index (χ0v) is 17.0. The Balaban J connectivity index is 0.00000240. The van der Waals surface area contributed by atoms with Crippen LogP contribution < -0.4 is 0 Å². The van der Waals surface area contributed by atoms with Crippen molar-refractivity contribution in [3.63, 3.8) is 0 Å². The molecule has 0 spiro atoms. The number of nitrogens with one attached hydrogen (secondary N) is 1. The quantitative estimate of drug-likeness (QED) is 0.412. The van der Waals surface area contributed by atoms with E-state index in [0.717, 1.165) is 33.9 Å². The molecule has 0 bridgehead atoms. The van der Waals surface area contributed by atoms with Gasteiger partial charge in [-0.25, -0.2) is 4.98 Å². The lowest BCUT2D eigenvalue weighted by Gasteiger charge is -2.13. The van der Waals surface area contributed by atoms with E-state index in [-0.39, 0.29) is 24.1 Å². The molecule has 3 aromatic carbocycles. The van der Waals surface area contributed by atoms with Crippen LogP contribution in [0.15, 0.2) is 91.0 Å². The van der Waals surface area contributed by atoms with Gasteiger partial charge in [-0.15, -0.1) is 12.4 Å². The van der Waals surface area contributed by atoms with Gasteiger partial charge < -0.3 is 4.98 Å². The number of carbonyl (C=O) groups is 1. The highest BCUT2D eigenvalue weighted by molar-refractivity contribution is 5.85. The van der Waals surface area contributed by atoms with Gasteiger partial charge in [0.05, 0.1) is 11.4 Å². The van der Waals surface area contributed by atoms with Gasteiger partial charge in [0.15, 0.2) is 0 Å². The van der Waals surface area contributed by atoms with Crippen LogP contribution in [0.5, 0.6) is 0 Å². The van der Waals surface area contributed by atoms with Crippen molar-refractivity contribution in [2.45, 2.75) is 19.3 Å². The van der Waals surface area contributed by atoms with Crippen molar-refractivity contribution in [2.24, 2.45) is 0 Å². The van der Waals surface area contributed by atoms with Gasteiger partial charge >= 0.3 is 0 Å². The van der Waals surface area contributed by atoms with Crippen LogP contribution in [0.4, 0.5) is 0 Å². The molecule has 0 amide bonds. The number of benzene rings is 3. The molecule has 1 heterocycles. The van der Waals surface area contributed by atoms with Crippen LogP contribution >= 0.6 is 12.4 Å². The summed E-state index contributed by atoms with van der Waals surface area (Å²) in [7, 11) is 0. The van der Waals surface area contributed by atoms with E-state index in [1.54, 1.807) is 6.92 Å². The smallest absolute Gasteiger partial charge is 0.130 e. The second kappa shape index (κ2) is 9.35. The molecule has 0 aliphatic rings. The number of hydrogen-bond acceptors (Lipinski definition) is 2. The van der Waals surface area contributed by atoms with Gasteiger partial charge in [0.1, 0.15) is 11.6 Å². The molecule has 0 radical (unpaired) electrons. The maximum Gasteiger partial charge on any atom is 0.130 e. The first kappa shape index (κ1) is 20.6. The SMILES string of the molecule is CC(=O)CC(c1ccccc1)c1nc(-c2ccccc2)c(-c2ccccc2)[nH]1.Cl. The van der Waals surface area contributed by atoms with Crippen molar-refractivity contribution in [2.75, 3.05) is 0 Å². The number of Topliss-reactive ketones (excluding diaryl/α,β-unsaturated/α-hetero) is 1. The minimum absolute atomic E-state index is 0. The maximum atomic E-state index is 12.0. The number of ketones is 1. The van der Waals surface area contributed by atoms with E-state index >= 15 is 0 Å². The number of halogens is 1. The van der Waals surface area contributed by atoms with Gasteiger partial charge in [-0.2, -0.15) is 0 Å². The van der Waals surface area contributed by atoms with Crippen molar-refractivity contribution in [3.05, 3.63) is 102 Å². The van der Waals surface area contributed by atoms with Crippen molar-refractivity contribution >= 4 is 18.2 Å². The number of H-pyrrole nitrogens is 1. The summed E-state index contributed by atoms with van der Waals surface area (Å²) in [6.07, 6.45) is 0.417. The fraction of sp³-hybridized carbons (Fsp3) is 0.120. The molecule has 1 atom stereocenters. The average Bonchev–Trinajstić information content (AvgIpc) is 3.19. The fourth-order valence-corrected chi connectivity index (χ4v) is 3.52. The number of nitrogens with zero attached hydrogens (tertiary/aromatic N) is 1. The van der Waals surface area contributed by atoms with E-state index in [1.165, 1.54) is 0 Å². The molecule has 1 aromatic heterocycles. The second-order valence-corrected chi connectivity index (χ2v) is 6.95. The number of carbonyl (C=O) groups excluding carboxylic acids is 1. The molecule has 146 valence electrons. The molecule has 0 saturated carbocycles. The van der Waals surface area contributed by atoms with Crippen LogP contribution in [-0.4, -0.2) is 15.8 Å². The predicted octanol–water partition coefficient (Wildman–Crippen LogP) is 6.28. The number of hydrogen-bond donors (Lipinski definition) is 1. The summed E-state index contributed by atoms with van der Waals surface area (Å²) >= 11 is 0. The van der Waals surface area contributed by atoms with E-state index in [4.69, 9.17) is 4.98 Å². The highest BCUT2D eigenvalue weighted by Gasteiger charge is 2.23. The van der Waals surface area contributed by atoms with Gasteiger partial charge in [-0.1, -0.05) is 91.0 Å². The summed E-state index contributed by atoms with van der Waals surface area (Å²) in [5.41, 5.74) is 5.11. The second-order valence-electron chi connectivity index (χ2n) is 6.95. The zero-order chi connectivity index (χ0) is 19.3. The van der Waals surface area contributed by atoms with Gasteiger partial charge in [0.25, 0.3) is 0 Å². The third-order valence-corrected chi connectivity index (χ3v) is 4.86. The molecule has 1 unspecified atom stereocenters. The lowest BCUT2D eigenvalue weighted by atomic mass is 9.93. The Hall–Kier alpha value is -3.17. The van der Waals surface area contributed by atoms with E-state index in [2.05, 4.69) is 41.4 Å². The first-order valence-electron chi connectivity index (χ1n) is 9.47. The summed E-state index contributed by atoms with van der Waals surface area (Å²) in [4.78, 5) is 20.5. The van der Waals surface area contributed by atoms with Crippen LogP contribution in [0, 0.1) is 0 Å². The standard InChI is InChI=1S/C25H22N2O.ClH/c1-18(28)17-22(19-11-5-2-6-12-19)25-26-23(20-13-7-3-8-14-20)24(27-25)21-15-9-4-10-16-21;/h2-16,22H,17H2,1H3,(H,26,27);1H. The predicted molar refractivity (Wildman–Crippen MR) is 120 cm³/mol. The van der Waals surface area contributed by atoms with Crippen LogP contribution in [0.25, 0.3) is 22.5 Å². The molecule has 29 heavy (non-hydrogen) atoms. The van der Waals surface area contributed by atoms with E-state index in [1.807, 2.05) is 54.6 Å². The number of imidazole rings is 1. The summed E-state index contributed by atoms with van der Waals surface area (Å²) in [5, 5.41) is 0. The molecule has 0 aliphatic heterocycles. The van der Waals surface area contributed by atoms with Crippen molar-refractivity contribution in [1.82, 2.24) is 9.97 Å². The van der Waals surface area contributed by atoms with Crippen LogP contribution in [0.1, 0.15) is 30.7 Å². The number of rotatable bonds is 6. The van der Waals surface area contributed by atoms with Gasteiger partial charge in [0.2, 0.25) is 0 Å². The largest absolute Gasteiger partial charge is 0.341 e. The molecule has 3 nitrogen and oxygen atoms in total. The summed E-state index contributed by atoms with van der Waals surface area (Å²) in [6, 6.07) is 30.5. The Labute approximate surface area is 177 Å². The highest BCUT2D eigenvalue weighted by atomic mass is 35.5. The molecular formula is C25H23ClN2O. The first-order valence-corrected chi connectivity index (χ1v) is 9.47. The summed E-state index contributed by atoms with van der Waals surface area (Å²) < 4.78 is 0. The molecule has 4 aromatic rings. The zero-order valence-electron chi connectivity index (χ0n) is 16.2. The number of aromatic amines is 1. The lowest BCUT2D eigenvalue weighted by Crippen LogP contribution is -2.08.